The highest BCUT2D eigenvalue weighted by atomic mass is 16.2. The van der Waals surface area contributed by atoms with Gasteiger partial charge in [0.05, 0.1) is 0 Å². The van der Waals surface area contributed by atoms with Gasteiger partial charge in [0.15, 0.2) is 0 Å². The molecule has 1 aliphatic rings. The molecule has 2 rings (SSSR count). The second kappa shape index (κ2) is 7.06. The molecule has 1 aliphatic heterocycles. The number of likely N-dealkylation sites (tertiary alicyclic amines) is 1. The molecule has 4 N–H and O–H groups in total. The number of nitrogens with two attached hydrogens (primary N) is 1. The van der Waals surface area contributed by atoms with E-state index < -0.39 is 6.04 Å². The molecule has 117 valence electrons. The Kier molecular flexibility index (Phi) is 5.14. The molecule has 1 radical (unpaired) electrons. The van der Waals surface area contributed by atoms with E-state index in [1.165, 1.54) is 0 Å². The summed E-state index contributed by atoms with van der Waals surface area (Å²) in [5.41, 5.74) is 6.37. The molecule has 1 atom stereocenters. The Balaban J connectivity index is 1.95. The van der Waals surface area contributed by atoms with Gasteiger partial charge in [0.1, 0.15) is 11.9 Å². The summed E-state index contributed by atoms with van der Waals surface area (Å²) >= 11 is 0. The van der Waals surface area contributed by atoms with Gasteiger partial charge in [0.2, 0.25) is 5.91 Å². The van der Waals surface area contributed by atoms with Crippen molar-refractivity contribution in [2.75, 3.05) is 13.1 Å². The predicted octanol–water partition coefficient (Wildman–Crippen LogP) is 0.916. The Hall–Kier alpha value is -2.37. The van der Waals surface area contributed by atoms with Gasteiger partial charge in [0.25, 0.3) is 5.91 Å². The van der Waals surface area contributed by atoms with Crippen molar-refractivity contribution in [1.29, 1.82) is 5.41 Å². The molecule has 0 bridgehead atoms. The van der Waals surface area contributed by atoms with Crippen molar-refractivity contribution >= 4 is 17.6 Å². The van der Waals surface area contributed by atoms with Gasteiger partial charge in [-0.05, 0) is 38.3 Å². The molecular formula is C16H21N4O2. The Bertz CT molecular complexity index is 562. The molecule has 1 fully saturated rings. The lowest BCUT2D eigenvalue weighted by Crippen LogP contribution is -2.48. The topological polar surface area (TPSA) is 99.3 Å². The molecule has 2 amide bonds. The number of hydrogen-bond acceptors (Lipinski definition) is 3. The Morgan fingerprint density at radius 2 is 1.73 bits per heavy atom. The van der Waals surface area contributed by atoms with Crippen LogP contribution in [0.5, 0.6) is 0 Å². The van der Waals surface area contributed by atoms with E-state index in [2.05, 4.69) is 11.7 Å². The summed E-state index contributed by atoms with van der Waals surface area (Å²) in [6, 6.07) is 5.87. The average molecular weight is 301 g/mol. The highest BCUT2D eigenvalue weighted by Gasteiger charge is 2.23. The zero-order valence-electron chi connectivity index (χ0n) is 12.6. The molecule has 22 heavy (non-hydrogen) atoms. The van der Waals surface area contributed by atoms with E-state index in [0.717, 1.165) is 12.8 Å². The number of nitrogen functional groups attached to an aromatic ring is 1. The number of hydrogen-bond donors (Lipinski definition) is 3. The van der Waals surface area contributed by atoms with E-state index in [1.807, 2.05) is 0 Å². The van der Waals surface area contributed by atoms with Gasteiger partial charge >= 0.3 is 0 Å². The van der Waals surface area contributed by atoms with Crippen LogP contribution in [0.25, 0.3) is 0 Å². The van der Waals surface area contributed by atoms with Crippen LogP contribution in [-0.2, 0) is 4.79 Å². The molecule has 1 aromatic rings. The number of amides is 2. The van der Waals surface area contributed by atoms with Gasteiger partial charge in [-0.25, -0.2) is 0 Å². The van der Waals surface area contributed by atoms with Gasteiger partial charge in [-0.3, -0.25) is 15.0 Å². The van der Waals surface area contributed by atoms with E-state index in [0.29, 0.717) is 24.2 Å². The number of nitrogens with zero attached hydrogens (tertiary/aromatic N) is 1. The summed E-state index contributed by atoms with van der Waals surface area (Å²) in [7, 11) is 0. The maximum Gasteiger partial charge on any atom is 0.251 e. The zero-order valence-corrected chi connectivity index (χ0v) is 12.6. The first kappa shape index (κ1) is 16.0. The molecule has 0 aromatic heterocycles. The number of amidine groups is 1. The molecule has 1 unspecified atom stereocenters. The normalized spacial score (nSPS) is 16.0. The molecule has 1 heterocycles. The van der Waals surface area contributed by atoms with Crippen molar-refractivity contribution in [3.63, 3.8) is 0 Å². The number of carbonyl (C=O) groups excluding carboxylic acids is 2. The summed E-state index contributed by atoms with van der Waals surface area (Å²) in [5, 5.41) is 10.0. The van der Waals surface area contributed by atoms with Gasteiger partial charge in [-0.15, -0.1) is 0 Å². The summed E-state index contributed by atoms with van der Waals surface area (Å²) in [6.07, 6.45) is 3.97. The molecular weight excluding hydrogens is 280 g/mol. The summed E-state index contributed by atoms with van der Waals surface area (Å²) in [4.78, 5) is 26.2. The van der Waals surface area contributed by atoms with Crippen LogP contribution in [0.1, 0.15) is 35.7 Å². The smallest absolute Gasteiger partial charge is 0.251 e. The maximum atomic E-state index is 12.3. The first-order valence-corrected chi connectivity index (χ1v) is 7.35. The van der Waals surface area contributed by atoms with Crippen molar-refractivity contribution in [2.45, 2.75) is 25.8 Å². The number of nitrogens with one attached hydrogen (secondary N) is 2. The summed E-state index contributed by atoms with van der Waals surface area (Å²) in [5.74, 6) is -0.404. The van der Waals surface area contributed by atoms with Crippen LogP contribution >= 0.6 is 0 Å². The van der Waals surface area contributed by atoms with Crippen LogP contribution < -0.4 is 11.1 Å². The van der Waals surface area contributed by atoms with E-state index >= 15 is 0 Å². The fourth-order valence-corrected chi connectivity index (χ4v) is 2.39. The molecule has 1 aromatic carbocycles. The fraction of sp³-hybridized carbons (Fsp3) is 0.375. The molecule has 0 spiro atoms. The highest BCUT2D eigenvalue weighted by molar-refractivity contribution is 5.99. The first-order chi connectivity index (χ1) is 10.5. The van der Waals surface area contributed by atoms with E-state index in [9.17, 15) is 9.59 Å². The second-order valence-electron chi connectivity index (χ2n) is 5.38. The van der Waals surface area contributed by atoms with Gasteiger partial charge in [0, 0.05) is 24.2 Å². The molecule has 0 saturated carbocycles. The van der Waals surface area contributed by atoms with Crippen LogP contribution in [0.4, 0.5) is 0 Å². The van der Waals surface area contributed by atoms with Crippen LogP contribution in [0.15, 0.2) is 24.3 Å². The quantitative estimate of drug-likeness (QED) is 0.569. The van der Waals surface area contributed by atoms with Crippen LogP contribution in [0.3, 0.4) is 0 Å². The number of benzene rings is 1. The Labute approximate surface area is 130 Å². The second-order valence-corrected chi connectivity index (χ2v) is 5.38. The number of piperidine rings is 1. The third-order valence-electron chi connectivity index (χ3n) is 3.69. The van der Waals surface area contributed by atoms with E-state index in [-0.39, 0.29) is 17.6 Å². The van der Waals surface area contributed by atoms with Crippen molar-refractivity contribution in [1.82, 2.24) is 10.2 Å². The minimum Gasteiger partial charge on any atom is -0.384 e. The van der Waals surface area contributed by atoms with Crippen molar-refractivity contribution in [3.8, 4) is 0 Å². The third-order valence-corrected chi connectivity index (χ3v) is 3.69. The highest BCUT2D eigenvalue weighted by Crippen LogP contribution is 2.10. The van der Waals surface area contributed by atoms with Gasteiger partial charge in [-0.2, -0.15) is 0 Å². The minimum atomic E-state index is -0.557. The third kappa shape index (κ3) is 3.84. The largest absolute Gasteiger partial charge is 0.384 e. The van der Waals surface area contributed by atoms with Gasteiger partial charge < -0.3 is 16.0 Å². The van der Waals surface area contributed by atoms with Crippen molar-refractivity contribution in [3.05, 3.63) is 41.8 Å². The predicted molar refractivity (Wildman–Crippen MR) is 84.5 cm³/mol. The molecule has 1 saturated heterocycles. The van der Waals surface area contributed by atoms with Crippen molar-refractivity contribution in [2.24, 2.45) is 5.73 Å². The zero-order chi connectivity index (χ0) is 16.1. The van der Waals surface area contributed by atoms with Crippen molar-refractivity contribution < 1.29 is 9.59 Å². The lowest BCUT2D eigenvalue weighted by Gasteiger charge is -2.29. The summed E-state index contributed by atoms with van der Waals surface area (Å²) in [6.45, 7) is 3.13. The number of carbonyl (C=O) groups is 2. The lowest BCUT2D eigenvalue weighted by atomic mass is 10.1. The summed E-state index contributed by atoms with van der Waals surface area (Å²) < 4.78 is 0. The number of rotatable bonds is 4. The van der Waals surface area contributed by atoms with Crippen LogP contribution in [-0.4, -0.2) is 41.7 Å². The lowest BCUT2D eigenvalue weighted by molar-refractivity contribution is -0.133. The van der Waals surface area contributed by atoms with E-state index in [4.69, 9.17) is 11.1 Å². The van der Waals surface area contributed by atoms with Crippen LogP contribution in [0, 0.1) is 11.8 Å². The molecule has 6 nitrogen and oxygen atoms in total. The average Bonchev–Trinajstić information content (AvgIpc) is 2.54. The Morgan fingerprint density at radius 3 is 2.27 bits per heavy atom. The van der Waals surface area contributed by atoms with Crippen LogP contribution in [0.2, 0.25) is 0 Å². The first-order valence-electron chi connectivity index (χ1n) is 7.35. The molecule has 0 aliphatic carbocycles. The maximum absolute atomic E-state index is 12.3. The van der Waals surface area contributed by atoms with Gasteiger partial charge in [-0.1, -0.05) is 12.1 Å². The Morgan fingerprint density at radius 1 is 1.18 bits per heavy atom. The fourth-order valence-electron chi connectivity index (χ4n) is 2.39. The monoisotopic (exact) mass is 301 g/mol. The van der Waals surface area contributed by atoms with E-state index in [1.54, 1.807) is 36.1 Å². The standard InChI is InChI=1S/C16H21N4O2/c1-11(16(22)20-9-3-2-4-10-20)19-15(21)13-7-5-12(6-8-13)14(17)18/h2,5-8,11H,3-4,9-10H2,1H3,(H3,17,18)(H,19,21). The minimum absolute atomic E-state index is 0.0441. The SMILES string of the molecule is CC(NC(=O)c1ccc(C(=N)N)cc1)C(=O)N1CC[CH]CC1. The molecule has 6 heteroatoms.